The molecule has 2 heterocycles. The Hall–Kier alpha value is -5.31. The van der Waals surface area contributed by atoms with Gasteiger partial charge in [0.15, 0.2) is 14.5 Å². The van der Waals surface area contributed by atoms with Crippen molar-refractivity contribution in [2.75, 3.05) is 20.8 Å². The third-order valence-corrected chi connectivity index (χ3v) is 15.6. The number of aromatic nitrogens is 2. The Balaban J connectivity index is 1.48. The third kappa shape index (κ3) is 8.25. The number of ether oxygens (including phenoxy) is 4. The van der Waals surface area contributed by atoms with Crippen LogP contribution in [-0.2, 0) is 26.0 Å². The van der Waals surface area contributed by atoms with Crippen LogP contribution in [0.2, 0.25) is 18.1 Å². The molecule has 0 saturated carbocycles. The van der Waals surface area contributed by atoms with E-state index in [1.165, 1.54) is 0 Å². The normalized spacial score (nSPS) is 18.7. The van der Waals surface area contributed by atoms with Gasteiger partial charge in [-0.2, -0.15) is 0 Å². The van der Waals surface area contributed by atoms with Crippen molar-refractivity contribution in [3.8, 4) is 11.5 Å². The molecule has 1 aliphatic rings. The maximum atomic E-state index is 14.4. The van der Waals surface area contributed by atoms with Crippen LogP contribution in [0.3, 0.4) is 0 Å². The van der Waals surface area contributed by atoms with E-state index in [9.17, 15) is 19.5 Å². The van der Waals surface area contributed by atoms with E-state index in [1.54, 1.807) is 38.5 Å². The predicted octanol–water partition coefficient (Wildman–Crippen LogP) is 5.83. The summed E-state index contributed by atoms with van der Waals surface area (Å²) in [5.74, 6) is 0.308. The van der Waals surface area contributed by atoms with Crippen molar-refractivity contribution in [2.45, 2.75) is 75.6 Å². The number of aliphatic hydroxyl groups excluding tert-OH is 1. The van der Waals surface area contributed by atoms with Crippen LogP contribution in [0, 0.1) is 0 Å². The van der Waals surface area contributed by atoms with E-state index in [2.05, 4.69) is 20.8 Å². The lowest BCUT2D eigenvalue weighted by molar-refractivity contribution is -0.0959. The van der Waals surface area contributed by atoms with Crippen LogP contribution in [0.5, 0.6) is 11.5 Å². The Morgan fingerprint density at radius 3 is 1.81 bits per heavy atom. The second-order valence-electron chi connectivity index (χ2n) is 15.7. The summed E-state index contributed by atoms with van der Waals surface area (Å²) in [7, 11) is 0.529. The minimum atomic E-state index is -2.67. The van der Waals surface area contributed by atoms with Crippen LogP contribution in [0.25, 0.3) is 0 Å². The number of primary amides is 1. The molecule has 300 valence electrons. The van der Waals surface area contributed by atoms with Gasteiger partial charge < -0.3 is 34.2 Å². The Morgan fingerprint density at radius 2 is 1.32 bits per heavy atom. The van der Waals surface area contributed by atoms with E-state index >= 15 is 0 Å². The van der Waals surface area contributed by atoms with E-state index in [-0.39, 0.29) is 18.2 Å². The number of rotatable bonds is 14. The number of methoxy groups -OCH3 is 2. The lowest BCUT2D eigenvalue weighted by Gasteiger charge is -2.40. The standard InChI is InChI=1S/C44H51N3O9Si/c1-43(2,3)57(6,7)56-38-37(48)36(55-41(38)47-27-35(39(45)49)40(50)46(42(47)51)26-29-14-10-8-11-15-29)28-54-44(30-16-12-9-13-17-30,31-18-22-33(52-4)23-19-31)32-20-24-34(53-5)25-21-32/h8-25,27,36-38,41,48H,26,28H2,1-7H3,(H2,45,49)/t36-,37-,38-,41-/m1/s1. The highest BCUT2D eigenvalue weighted by Gasteiger charge is 2.52. The van der Waals surface area contributed by atoms with Gasteiger partial charge in [-0.15, -0.1) is 0 Å². The Labute approximate surface area is 333 Å². The van der Waals surface area contributed by atoms with Crippen molar-refractivity contribution in [3.63, 3.8) is 0 Å². The fourth-order valence-electron chi connectivity index (χ4n) is 6.88. The molecule has 0 bridgehead atoms. The number of carbonyl (C=O) groups excluding carboxylic acids is 1. The first-order valence-electron chi connectivity index (χ1n) is 18.8. The molecule has 0 radical (unpaired) electrons. The van der Waals surface area contributed by atoms with Gasteiger partial charge in [0.2, 0.25) is 0 Å². The molecule has 4 atom stereocenters. The molecule has 57 heavy (non-hydrogen) atoms. The van der Waals surface area contributed by atoms with Crippen molar-refractivity contribution < 1.29 is 33.3 Å². The van der Waals surface area contributed by atoms with Gasteiger partial charge in [-0.25, -0.2) is 4.79 Å². The van der Waals surface area contributed by atoms with Crippen molar-refractivity contribution in [2.24, 2.45) is 5.73 Å². The number of carbonyl (C=O) groups is 1. The molecule has 5 aromatic rings. The summed E-state index contributed by atoms with van der Waals surface area (Å²) in [6, 6.07) is 33.7. The molecular weight excluding hydrogens is 743 g/mol. The molecule has 1 fully saturated rings. The van der Waals surface area contributed by atoms with Crippen LogP contribution < -0.4 is 26.5 Å². The highest BCUT2D eigenvalue weighted by Crippen LogP contribution is 2.45. The summed E-state index contributed by atoms with van der Waals surface area (Å²) in [4.78, 5) is 40.7. The molecule has 0 aliphatic carbocycles. The number of nitrogens with two attached hydrogens (primary N) is 1. The summed E-state index contributed by atoms with van der Waals surface area (Å²) in [5.41, 5.74) is 5.49. The third-order valence-electron chi connectivity index (χ3n) is 11.1. The Morgan fingerprint density at radius 1 is 0.807 bits per heavy atom. The zero-order valence-electron chi connectivity index (χ0n) is 33.4. The lowest BCUT2D eigenvalue weighted by Crippen LogP contribution is -2.51. The van der Waals surface area contributed by atoms with Crippen LogP contribution in [0.1, 0.15) is 59.6 Å². The monoisotopic (exact) mass is 793 g/mol. The molecule has 3 N–H and O–H groups in total. The van der Waals surface area contributed by atoms with E-state index in [4.69, 9.17) is 29.1 Å². The second-order valence-corrected chi connectivity index (χ2v) is 20.4. The average Bonchev–Trinajstić information content (AvgIpc) is 3.50. The minimum absolute atomic E-state index is 0.126. The first-order chi connectivity index (χ1) is 27.1. The van der Waals surface area contributed by atoms with Crippen LogP contribution >= 0.6 is 0 Å². The van der Waals surface area contributed by atoms with Gasteiger partial charge in [-0.3, -0.25) is 18.7 Å². The van der Waals surface area contributed by atoms with Gasteiger partial charge in [0.05, 0.1) is 27.4 Å². The molecule has 1 aromatic heterocycles. The van der Waals surface area contributed by atoms with Gasteiger partial charge in [0, 0.05) is 6.20 Å². The Kier molecular flexibility index (Phi) is 12.1. The smallest absolute Gasteiger partial charge is 0.333 e. The summed E-state index contributed by atoms with van der Waals surface area (Å²) in [6.45, 7) is 9.94. The van der Waals surface area contributed by atoms with Gasteiger partial charge in [0.25, 0.3) is 11.5 Å². The fourth-order valence-corrected chi connectivity index (χ4v) is 8.17. The van der Waals surface area contributed by atoms with Gasteiger partial charge in [0.1, 0.15) is 41.0 Å². The van der Waals surface area contributed by atoms with Crippen molar-refractivity contribution in [1.29, 1.82) is 0 Å². The lowest BCUT2D eigenvalue weighted by atomic mass is 9.80. The summed E-state index contributed by atoms with van der Waals surface area (Å²) in [5, 5.41) is 12.0. The average molecular weight is 794 g/mol. The van der Waals surface area contributed by atoms with E-state index in [0.29, 0.717) is 17.1 Å². The quantitative estimate of drug-likeness (QED) is 0.104. The second kappa shape index (κ2) is 16.7. The molecule has 0 unspecified atom stereocenters. The molecule has 1 aliphatic heterocycles. The van der Waals surface area contributed by atoms with Crippen LogP contribution in [-0.4, -0.2) is 67.6 Å². The molecule has 4 aromatic carbocycles. The number of amides is 1. The van der Waals surface area contributed by atoms with Gasteiger partial charge >= 0.3 is 5.69 Å². The molecule has 13 heteroatoms. The summed E-state index contributed by atoms with van der Waals surface area (Å²) in [6.07, 6.45) is -3.64. The van der Waals surface area contributed by atoms with Crippen molar-refractivity contribution >= 4 is 14.2 Å². The number of hydrogen-bond acceptors (Lipinski definition) is 9. The number of aliphatic hydroxyl groups is 1. The molecule has 1 saturated heterocycles. The topological polar surface area (TPSA) is 153 Å². The SMILES string of the molecule is COc1ccc(C(OC[C@H]2O[C@@H](n3cc(C(N)=O)c(=O)n(Cc4ccccc4)c3=O)[C@H](O[Si](C)(C)C(C)(C)C)[C@@H]2O)(c2ccccc2)c2ccc(OC)cc2)cc1. The Bertz CT molecular complexity index is 2220. The first-order valence-corrected chi connectivity index (χ1v) is 21.7. The van der Waals surface area contributed by atoms with Crippen molar-refractivity contribution in [3.05, 3.63) is 164 Å². The van der Waals surface area contributed by atoms with Crippen molar-refractivity contribution in [1.82, 2.24) is 9.13 Å². The van der Waals surface area contributed by atoms with E-state index in [0.717, 1.165) is 32.0 Å². The zero-order chi connectivity index (χ0) is 41.1. The summed E-state index contributed by atoms with van der Waals surface area (Å²) < 4.78 is 33.7. The predicted molar refractivity (Wildman–Crippen MR) is 219 cm³/mol. The zero-order valence-corrected chi connectivity index (χ0v) is 34.4. The van der Waals surface area contributed by atoms with E-state index < -0.39 is 61.2 Å². The number of benzene rings is 4. The highest BCUT2D eigenvalue weighted by atomic mass is 28.4. The molecule has 1 amide bonds. The molecule has 0 spiro atoms. The summed E-state index contributed by atoms with van der Waals surface area (Å²) >= 11 is 0. The molecular formula is C44H51N3O9Si. The van der Waals surface area contributed by atoms with Gasteiger partial charge in [-0.1, -0.05) is 106 Å². The highest BCUT2D eigenvalue weighted by molar-refractivity contribution is 6.74. The minimum Gasteiger partial charge on any atom is -0.497 e. The number of nitrogens with zero attached hydrogens (tertiary/aromatic N) is 2. The molecule has 6 rings (SSSR count). The largest absolute Gasteiger partial charge is 0.497 e. The maximum Gasteiger partial charge on any atom is 0.333 e. The first kappa shape index (κ1) is 41.3. The number of hydrogen-bond donors (Lipinski definition) is 2. The van der Waals surface area contributed by atoms with Crippen LogP contribution in [0.15, 0.2) is 125 Å². The van der Waals surface area contributed by atoms with Gasteiger partial charge in [-0.05, 0) is 64.7 Å². The molecule has 12 nitrogen and oxygen atoms in total. The maximum absolute atomic E-state index is 14.4. The van der Waals surface area contributed by atoms with Crippen LogP contribution in [0.4, 0.5) is 0 Å². The fraction of sp³-hybridized carbons (Fsp3) is 0.341. The van der Waals surface area contributed by atoms with E-state index in [1.807, 2.05) is 98.0 Å².